The first-order valence-electron chi connectivity index (χ1n) is 7.89. The largest absolute Gasteiger partial charge is 0.361 e. The fourth-order valence-corrected chi connectivity index (χ4v) is 2.66. The number of rotatable bonds is 4. The lowest BCUT2D eigenvalue weighted by Gasteiger charge is -2.32. The Hall–Kier alpha value is -2.71. The van der Waals surface area contributed by atoms with Crippen molar-refractivity contribution in [2.24, 2.45) is 5.41 Å². The molecule has 3 aromatic rings. The number of fused-ring (bicyclic) bond motifs is 1. The molecule has 2 heterocycles. The summed E-state index contributed by atoms with van der Waals surface area (Å²) in [5.74, 6) is -1.72. The van der Waals surface area contributed by atoms with Crippen LogP contribution in [-0.4, -0.2) is 19.8 Å². The zero-order chi connectivity index (χ0) is 19.1. The van der Waals surface area contributed by atoms with E-state index >= 15 is 0 Å². The Kier molecular flexibility index (Phi) is 4.55. The summed E-state index contributed by atoms with van der Waals surface area (Å²) in [5.41, 5.74) is -0.0571. The molecular weight excluding hydrogens is 350 g/mol. The maximum atomic E-state index is 14.3. The Morgan fingerprint density at radius 2 is 1.77 bits per heavy atom. The SMILES string of the molecule is CC(C)(C)C(Nc1ccc2nnc(C(F)F)n2n1)c1ccc(F)cc1F. The van der Waals surface area contributed by atoms with Crippen molar-refractivity contribution in [2.45, 2.75) is 33.2 Å². The monoisotopic (exact) mass is 367 g/mol. The van der Waals surface area contributed by atoms with Gasteiger partial charge in [0.25, 0.3) is 6.43 Å². The van der Waals surface area contributed by atoms with Gasteiger partial charge in [-0.05, 0) is 23.6 Å². The first kappa shape index (κ1) is 18.1. The van der Waals surface area contributed by atoms with Crippen LogP contribution in [0.25, 0.3) is 5.65 Å². The van der Waals surface area contributed by atoms with Crippen molar-refractivity contribution in [2.75, 3.05) is 5.32 Å². The van der Waals surface area contributed by atoms with Crippen LogP contribution >= 0.6 is 0 Å². The number of nitrogens with one attached hydrogen (secondary N) is 1. The van der Waals surface area contributed by atoms with Crippen molar-refractivity contribution in [1.29, 1.82) is 0 Å². The molecule has 0 radical (unpaired) electrons. The second kappa shape index (κ2) is 6.54. The van der Waals surface area contributed by atoms with E-state index in [-0.39, 0.29) is 17.0 Å². The van der Waals surface area contributed by atoms with Crippen LogP contribution in [0.1, 0.15) is 44.6 Å². The molecule has 0 fully saturated rings. The number of hydrogen-bond donors (Lipinski definition) is 1. The Balaban J connectivity index is 2.02. The molecular formula is C17H17F4N5. The van der Waals surface area contributed by atoms with Crippen LogP contribution in [-0.2, 0) is 0 Å². The Morgan fingerprint density at radius 1 is 1.04 bits per heavy atom. The third kappa shape index (κ3) is 3.47. The van der Waals surface area contributed by atoms with Crippen molar-refractivity contribution in [3.05, 3.63) is 53.4 Å². The molecule has 0 saturated carbocycles. The summed E-state index contributed by atoms with van der Waals surface area (Å²) >= 11 is 0. The summed E-state index contributed by atoms with van der Waals surface area (Å²) in [7, 11) is 0. The van der Waals surface area contributed by atoms with E-state index in [1.54, 1.807) is 6.07 Å². The van der Waals surface area contributed by atoms with Crippen molar-refractivity contribution in [3.63, 3.8) is 0 Å². The van der Waals surface area contributed by atoms with Gasteiger partial charge in [-0.1, -0.05) is 26.8 Å². The van der Waals surface area contributed by atoms with E-state index in [2.05, 4.69) is 20.6 Å². The summed E-state index contributed by atoms with van der Waals surface area (Å²) in [5, 5.41) is 14.2. The van der Waals surface area contributed by atoms with Crippen molar-refractivity contribution in [3.8, 4) is 0 Å². The third-order valence-corrected chi connectivity index (χ3v) is 3.91. The second-order valence-corrected chi connectivity index (χ2v) is 6.96. The number of anilines is 1. The number of halogens is 4. The van der Waals surface area contributed by atoms with Crippen LogP contribution in [0.4, 0.5) is 23.4 Å². The predicted molar refractivity (Wildman–Crippen MR) is 87.9 cm³/mol. The normalized spacial score (nSPS) is 13.4. The van der Waals surface area contributed by atoms with Gasteiger partial charge in [0.1, 0.15) is 17.5 Å². The van der Waals surface area contributed by atoms with Crippen LogP contribution in [0.3, 0.4) is 0 Å². The fourth-order valence-electron chi connectivity index (χ4n) is 2.66. The van der Waals surface area contributed by atoms with Gasteiger partial charge in [-0.15, -0.1) is 15.3 Å². The number of benzene rings is 1. The quantitative estimate of drug-likeness (QED) is 0.688. The Morgan fingerprint density at radius 3 is 2.38 bits per heavy atom. The summed E-state index contributed by atoms with van der Waals surface area (Å²) in [6.07, 6.45) is -2.83. The van der Waals surface area contributed by atoms with Gasteiger partial charge in [-0.3, -0.25) is 0 Å². The minimum absolute atomic E-state index is 0.172. The molecule has 0 saturated heterocycles. The van der Waals surface area contributed by atoms with Crippen LogP contribution in [0.5, 0.6) is 0 Å². The molecule has 2 aromatic heterocycles. The highest BCUT2D eigenvalue weighted by molar-refractivity contribution is 5.46. The molecule has 0 aliphatic heterocycles. The van der Waals surface area contributed by atoms with Crippen molar-refractivity contribution >= 4 is 11.5 Å². The summed E-state index contributed by atoms with van der Waals surface area (Å²) in [6, 6.07) is 5.77. The standard InChI is InChI=1S/C17H17F4N5/c1-17(2,3)14(10-5-4-9(18)8-11(10)19)22-12-6-7-13-23-24-16(15(20)21)26(13)25-12/h4-8,14-15H,1-3H3,(H,22,25). The molecule has 138 valence electrons. The first-order valence-corrected chi connectivity index (χ1v) is 7.89. The maximum Gasteiger partial charge on any atom is 0.299 e. The molecule has 1 unspecified atom stereocenters. The Labute approximate surface area is 147 Å². The average Bonchev–Trinajstić information content (AvgIpc) is 2.95. The van der Waals surface area contributed by atoms with Gasteiger partial charge in [0.05, 0.1) is 6.04 Å². The van der Waals surface area contributed by atoms with Gasteiger partial charge in [0.15, 0.2) is 5.65 Å². The molecule has 1 aromatic carbocycles. The van der Waals surface area contributed by atoms with Gasteiger partial charge in [-0.2, -0.15) is 4.52 Å². The van der Waals surface area contributed by atoms with E-state index < -0.39 is 35.3 Å². The molecule has 5 nitrogen and oxygen atoms in total. The molecule has 0 amide bonds. The van der Waals surface area contributed by atoms with Crippen LogP contribution in [0.15, 0.2) is 30.3 Å². The van der Waals surface area contributed by atoms with Crippen LogP contribution < -0.4 is 5.32 Å². The van der Waals surface area contributed by atoms with Gasteiger partial charge < -0.3 is 5.32 Å². The smallest absolute Gasteiger partial charge is 0.299 e. The highest BCUT2D eigenvalue weighted by Crippen LogP contribution is 2.36. The van der Waals surface area contributed by atoms with E-state index in [0.29, 0.717) is 0 Å². The van der Waals surface area contributed by atoms with Crippen LogP contribution in [0, 0.1) is 17.0 Å². The maximum absolute atomic E-state index is 14.3. The number of alkyl halides is 2. The average molecular weight is 367 g/mol. The van der Waals surface area contributed by atoms with Crippen LogP contribution in [0.2, 0.25) is 0 Å². The Bertz CT molecular complexity index is 933. The summed E-state index contributed by atoms with van der Waals surface area (Å²) in [6.45, 7) is 5.61. The number of hydrogen-bond acceptors (Lipinski definition) is 4. The topological polar surface area (TPSA) is 55.1 Å². The number of nitrogens with zero attached hydrogens (tertiary/aromatic N) is 4. The van der Waals surface area contributed by atoms with Gasteiger partial charge in [0, 0.05) is 11.6 Å². The minimum atomic E-state index is -2.83. The van der Waals surface area contributed by atoms with E-state index in [4.69, 9.17) is 0 Å². The molecule has 1 N–H and O–H groups in total. The molecule has 9 heteroatoms. The van der Waals surface area contributed by atoms with Gasteiger partial charge >= 0.3 is 0 Å². The van der Waals surface area contributed by atoms with Crippen molar-refractivity contribution in [1.82, 2.24) is 19.8 Å². The molecule has 1 atom stereocenters. The van der Waals surface area contributed by atoms with Gasteiger partial charge in [0.2, 0.25) is 5.82 Å². The van der Waals surface area contributed by atoms with E-state index in [1.807, 2.05) is 20.8 Å². The van der Waals surface area contributed by atoms with E-state index in [1.165, 1.54) is 18.2 Å². The highest BCUT2D eigenvalue weighted by Gasteiger charge is 2.29. The van der Waals surface area contributed by atoms with Crippen molar-refractivity contribution < 1.29 is 17.6 Å². The first-order chi connectivity index (χ1) is 12.2. The second-order valence-electron chi connectivity index (χ2n) is 6.96. The molecule has 0 aliphatic rings. The zero-order valence-corrected chi connectivity index (χ0v) is 14.3. The molecule has 0 bridgehead atoms. The molecule has 0 spiro atoms. The fraction of sp³-hybridized carbons (Fsp3) is 0.353. The van der Waals surface area contributed by atoms with E-state index in [9.17, 15) is 17.6 Å². The third-order valence-electron chi connectivity index (χ3n) is 3.91. The van der Waals surface area contributed by atoms with Gasteiger partial charge in [-0.25, -0.2) is 17.6 Å². The summed E-state index contributed by atoms with van der Waals surface area (Å²) < 4.78 is 54.5. The summed E-state index contributed by atoms with van der Waals surface area (Å²) in [4.78, 5) is 0. The molecule has 3 rings (SSSR count). The molecule has 0 aliphatic carbocycles. The minimum Gasteiger partial charge on any atom is -0.361 e. The van der Waals surface area contributed by atoms with E-state index in [0.717, 1.165) is 10.6 Å². The zero-order valence-electron chi connectivity index (χ0n) is 14.3. The lowest BCUT2D eigenvalue weighted by atomic mass is 9.82. The highest BCUT2D eigenvalue weighted by atomic mass is 19.3. The lowest BCUT2D eigenvalue weighted by Crippen LogP contribution is -2.27. The molecule has 26 heavy (non-hydrogen) atoms. The lowest BCUT2D eigenvalue weighted by molar-refractivity contribution is 0.137. The number of aromatic nitrogens is 4. The predicted octanol–water partition coefficient (Wildman–Crippen LogP) is 4.54.